The summed E-state index contributed by atoms with van der Waals surface area (Å²) in [6.07, 6.45) is -2.44. The largest absolute Gasteiger partial charge is 0.493 e. The number of alkyl halides is 3. The topological polar surface area (TPSA) is 115 Å². The summed E-state index contributed by atoms with van der Waals surface area (Å²) < 4.78 is 60.1. The first-order chi connectivity index (χ1) is 18.8. The lowest BCUT2D eigenvalue weighted by molar-refractivity contribution is -0.186. The first-order valence-electron chi connectivity index (χ1n) is 12.5. The van der Waals surface area contributed by atoms with Gasteiger partial charge in [-0.2, -0.15) is 18.2 Å². The average Bonchev–Trinajstić information content (AvgIpc) is 2.91. The lowest BCUT2D eigenvalue weighted by atomic mass is 10.1. The van der Waals surface area contributed by atoms with E-state index in [9.17, 15) is 18.0 Å². The predicted octanol–water partition coefficient (Wildman–Crippen LogP) is 4.18. The fraction of sp³-hybridized carbons (Fsp3) is 0.423. The molecule has 0 fully saturated rings. The van der Waals surface area contributed by atoms with Gasteiger partial charge in [-0.15, -0.1) is 0 Å². The van der Waals surface area contributed by atoms with Crippen molar-refractivity contribution in [1.82, 2.24) is 10.6 Å². The monoisotopic (exact) mass is 549 g/mol. The molecule has 13 heteroatoms. The van der Waals surface area contributed by atoms with Crippen LogP contribution < -0.4 is 25.4 Å². The number of hydrogen-bond acceptors (Lipinski definition) is 10. The van der Waals surface area contributed by atoms with Crippen LogP contribution in [0.1, 0.15) is 41.6 Å². The van der Waals surface area contributed by atoms with Gasteiger partial charge in [-0.1, -0.05) is 18.2 Å². The number of fused-ring (bicyclic) bond motifs is 5. The number of carbonyl (C=O) groups excluding carboxylic acids is 1. The number of para-hydroxylation sites is 1. The molecule has 0 saturated heterocycles. The SMILES string of the molecule is COC(=O)c1ccc2cc1OCCCCCCOc1ccccc1CN=C1NC(=NC(OCC(F)(F)F)N1)N2. The highest BCUT2D eigenvalue weighted by atomic mass is 19.4. The first kappa shape index (κ1) is 28.0. The summed E-state index contributed by atoms with van der Waals surface area (Å²) in [5.74, 6) is 0.659. The molecule has 2 aromatic rings. The molecule has 2 aromatic carbocycles. The Labute approximate surface area is 223 Å². The fourth-order valence-electron chi connectivity index (χ4n) is 3.84. The van der Waals surface area contributed by atoms with E-state index in [4.69, 9.17) is 18.9 Å². The van der Waals surface area contributed by atoms with Gasteiger partial charge in [0.15, 0.2) is 0 Å². The van der Waals surface area contributed by atoms with Crippen LogP contribution in [0.2, 0.25) is 0 Å². The van der Waals surface area contributed by atoms with E-state index in [0.717, 1.165) is 31.2 Å². The zero-order valence-corrected chi connectivity index (χ0v) is 21.3. The number of carbonyl (C=O) groups is 1. The molecule has 10 nitrogen and oxygen atoms in total. The van der Waals surface area contributed by atoms with Crippen LogP contribution in [0.5, 0.6) is 11.5 Å². The van der Waals surface area contributed by atoms with E-state index >= 15 is 0 Å². The van der Waals surface area contributed by atoms with Gasteiger partial charge in [0.25, 0.3) is 0 Å². The maximum Gasteiger partial charge on any atom is 0.411 e. The number of methoxy groups -OCH3 is 1. The third-order valence-electron chi connectivity index (χ3n) is 5.73. The Bertz CT molecular complexity index is 1200. The maximum atomic E-state index is 12.8. The molecular weight excluding hydrogens is 519 g/mol. The number of nitrogens with zero attached hydrogens (tertiary/aromatic N) is 2. The zero-order chi connectivity index (χ0) is 27.7. The Morgan fingerprint density at radius 1 is 1.00 bits per heavy atom. The van der Waals surface area contributed by atoms with Gasteiger partial charge >= 0.3 is 12.1 Å². The Hall–Kier alpha value is -4.00. The Balaban J connectivity index is 1.63. The number of halogens is 3. The summed E-state index contributed by atoms with van der Waals surface area (Å²) in [6, 6.07) is 12.2. The molecule has 0 saturated carbocycles. The van der Waals surface area contributed by atoms with Gasteiger partial charge in [-0.3, -0.25) is 5.32 Å². The summed E-state index contributed by atoms with van der Waals surface area (Å²) >= 11 is 0. The third kappa shape index (κ3) is 8.50. The normalized spacial score (nSPS) is 18.4. The second-order valence-electron chi connectivity index (χ2n) is 8.74. The summed E-state index contributed by atoms with van der Waals surface area (Å²) in [5.41, 5.74) is 1.53. The molecule has 1 unspecified atom stereocenters. The van der Waals surface area contributed by atoms with E-state index in [0.29, 0.717) is 30.4 Å². The van der Waals surface area contributed by atoms with Crippen molar-refractivity contribution in [2.45, 2.75) is 44.8 Å². The molecule has 0 aromatic heterocycles. The Kier molecular flexibility index (Phi) is 9.47. The van der Waals surface area contributed by atoms with Crippen LogP contribution in [0.4, 0.5) is 18.9 Å². The van der Waals surface area contributed by atoms with E-state index in [1.165, 1.54) is 13.2 Å². The van der Waals surface area contributed by atoms with E-state index in [-0.39, 0.29) is 24.0 Å². The number of ether oxygens (including phenoxy) is 4. The van der Waals surface area contributed by atoms with Crippen molar-refractivity contribution >= 4 is 23.6 Å². The average molecular weight is 550 g/mol. The molecule has 1 atom stereocenters. The molecule has 2 aliphatic heterocycles. The minimum atomic E-state index is -4.54. The standard InChI is InChI=1S/C26H30F3N5O5/c1-36-22(35)19-11-10-18-14-21(19)38-13-7-3-2-6-12-37-20-9-5-4-8-17(20)15-30-23-32-24(31-18)34-25(33-23)39-16-26(27,28)29/h4-5,8-11,14,25H,2-3,6-7,12-13,15-16H2,1H3,(H3,30,31,32,33,34). The molecule has 0 spiro atoms. The van der Waals surface area contributed by atoms with Crippen molar-refractivity contribution in [3.8, 4) is 11.5 Å². The molecule has 210 valence electrons. The van der Waals surface area contributed by atoms with Gasteiger partial charge in [0.2, 0.25) is 18.3 Å². The Morgan fingerprint density at radius 2 is 1.74 bits per heavy atom. The van der Waals surface area contributed by atoms with Crippen LogP contribution in [0.3, 0.4) is 0 Å². The van der Waals surface area contributed by atoms with Crippen LogP contribution in [0, 0.1) is 0 Å². The number of aliphatic imine (C=N–C) groups is 2. The van der Waals surface area contributed by atoms with Gasteiger partial charge in [0.1, 0.15) is 23.7 Å². The molecule has 0 amide bonds. The van der Waals surface area contributed by atoms with Crippen molar-refractivity contribution in [3.63, 3.8) is 0 Å². The van der Waals surface area contributed by atoms with Gasteiger partial charge in [0.05, 0.1) is 26.9 Å². The molecule has 0 aliphatic carbocycles. The van der Waals surface area contributed by atoms with E-state index < -0.39 is 25.1 Å². The van der Waals surface area contributed by atoms with E-state index in [1.807, 2.05) is 24.3 Å². The smallest absolute Gasteiger partial charge is 0.411 e. The second kappa shape index (κ2) is 13.2. The maximum absolute atomic E-state index is 12.8. The quantitative estimate of drug-likeness (QED) is 0.489. The van der Waals surface area contributed by atoms with Crippen molar-refractivity contribution in [2.75, 3.05) is 32.2 Å². The first-order valence-corrected chi connectivity index (χ1v) is 12.5. The lowest BCUT2D eigenvalue weighted by Gasteiger charge is -2.26. The Morgan fingerprint density at radius 3 is 2.49 bits per heavy atom. The van der Waals surface area contributed by atoms with Crippen LogP contribution in [0.25, 0.3) is 0 Å². The number of esters is 1. The van der Waals surface area contributed by atoms with Gasteiger partial charge in [-0.25, -0.2) is 9.79 Å². The van der Waals surface area contributed by atoms with Crippen LogP contribution in [0.15, 0.2) is 52.4 Å². The number of anilines is 1. The number of benzene rings is 2. The van der Waals surface area contributed by atoms with Crippen molar-refractivity contribution in [1.29, 1.82) is 0 Å². The molecule has 4 rings (SSSR count). The highest BCUT2D eigenvalue weighted by Crippen LogP contribution is 2.26. The molecular formula is C26H30F3N5O5. The molecule has 4 bridgehead atoms. The van der Waals surface area contributed by atoms with Crippen molar-refractivity contribution < 1.29 is 36.9 Å². The van der Waals surface area contributed by atoms with Crippen LogP contribution in [-0.4, -0.2) is 57.3 Å². The molecule has 0 radical (unpaired) electrons. The number of rotatable bonds is 3. The van der Waals surface area contributed by atoms with Crippen LogP contribution in [-0.2, 0) is 16.0 Å². The summed E-state index contributed by atoms with van der Waals surface area (Å²) in [4.78, 5) is 20.9. The van der Waals surface area contributed by atoms with Crippen molar-refractivity contribution in [2.24, 2.45) is 9.98 Å². The highest BCUT2D eigenvalue weighted by Gasteiger charge is 2.31. The third-order valence-corrected chi connectivity index (χ3v) is 5.73. The van der Waals surface area contributed by atoms with Gasteiger partial charge < -0.3 is 29.6 Å². The zero-order valence-electron chi connectivity index (χ0n) is 21.3. The second-order valence-corrected chi connectivity index (χ2v) is 8.74. The number of hydrogen-bond donors (Lipinski definition) is 3. The summed E-state index contributed by atoms with van der Waals surface area (Å²) in [6.45, 7) is -0.411. The molecule has 2 heterocycles. The lowest BCUT2D eigenvalue weighted by Crippen LogP contribution is -2.54. The van der Waals surface area contributed by atoms with E-state index in [1.54, 1.807) is 12.1 Å². The van der Waals surface area contributed by atoms with E-state index in [2.05, 4.69) is 25.9 Å². The van der Waals surface area contributed by atoms with Crippen molar-refractivity contribution in [3.05, 3.63) is 53.6 Å². The summed E-state index contributed by atoms with van der Waals surface area (Å²) in [7, 11) is 1.28. The predicted molar refractivity (Wildman–Crippen MR) is 138 cm³/mol. The van der Waals surface area contributed by atoms with Gasteiger partial charge in [0, 0.05) is 17.3 Å². The number of nitrogens with one attached hydrogen (secondary N) is 3. The highest BCUT2D eigenvalue weighted by molar-refractivity contribution is 6.07. The fourth-order valence-corrected chi connectivity index (χ4v) is 3.84. The summed E-state index contributed by atoms with van der Waals surface area (Å²) in [5, 5.41) is 8.64. The molecule has 39 heavy (non-hydrogen) atoms. The molecule has 2 aliphatic rings. The minimum Gasteiger partial charge on any atom is -0.493 e. The number of guanidine groups is 2. The van der Waals surface area contributed by atoms with Crippen LogP contribution >= 0.6 is 0 Å². The van der Waals surface area contributed by atoms with Gasteiger partial charge in [-0.05, 0) is 43.9 Å². The molecule has 3 N–H and O–H groups in total. The minimum absolute atomic E-state index is 0.0823.